The van der Waals surface area contributed by atoms with E-state index in [1.165, 1.54) is 12.8 Å². The summed E-state index contributed by atoms with van der Waals surface area (Å²) in [6.45, 7) is 0.695. The van der Waals surface area contributed by atoms with E-state index in [1.54, 1.807) is 0 Å². The van der Waals surface area contributed by atoms with Gasteiger partial charge in [-0.3, -0.25) is 14.5 Å². The van der Waals surface area contributed by atoms with Gasteiger partial charge in [0.15, 0.2) is 0 Å². The van der Waals surface area contributed by atoms with Crippen LogP contribution in [0.15, 0.2) is 24.4 Å². The van der Waals surface area contributed by atoms with E-state index in [0.717, 1.165) is 29.1 Å². The molecule has 3 heterocycles. The summed E-state index contributed by atoms with van der Waals surface area (Å²) in [5.74, 6) is 0.328. The van der Waals surface area contributed by atoms with Crippen molar-refractivity contribution in [2.45, 2.75) is 63.2 Å². The molecular formula is C21H21F3N4O. The van der Waals surface area contributed by atoms with Gasteiger partial charge in [0.2, 0.25) is 5.91 Å². The molecular weight excluding hydrogens is 381 g/mol. The van der Waals surface area contributed by atoms with Crippen molar-refractivity contribution in [3.63, 3.8) is 0 Å². The summed E-state index contributed by atoms with van der Waals surface area (Å²) in [5, 5.41) is 7.69. The molecule has 1 amide bonds. The van der Waals surface area contributed by atoms with Crippen LogP contribution in [0.1, 0.15) is 61.9 Å². The lowest BCUT2D eigenvalue weighted by atomic mass is 9.34. The smallest absolute Gasteiger partial charge is 0.347 e. The summed E-state index contributed by atoms with van der Waals surface area (Å²) in [7, 11) is 0. The summed E-state index contributed by atoms with van der Waals surface area (Å²) in [5.41, 5.74) is 1.48. The molecule has 5 nitrogen and oxygen atoms in total. The molecule has 0 spiro atoms. The molecule has 0 unspecified atom stereocenters. The lowest BCUT2D eigenvalue weighted by molar-refractivity contribution is -0.351. The summed E-state index contributed by atoms with van der Waals surface area (Å²) >= 11 is 0. The van der Waals surface area contributed by atoms with Crippen molar-refractivity contribution >= 4 is 5.91 Å². The van der Waals surface area contributed by atoms with Gasteiger partial charge in [-0.25, -0.2) is 0 Å². The Morgan fingerprint density at radius 3 is 2.62 bits per heavy atom. The lowest BCUT2D eigenvalue weighted by Crippen LogP contribution is -2.72. The monoisotopic (exact) mass is 402 g/mol. The number of carbonyl (C=O) groups is 1. The Hall–Kier alpha value is -2.38. The Kier molecular flexibility index (Phi) is 3.25. The van der Waals surface area contributed by atoms with Crippen LogP contribution in [-0.2, 0) is 11.3 Å². The van der Waals surface area contributed by atoms with Crippen molar-refractivity contribution in [3.05, 3.63) is 35.8 Å². The Balaban J connectivity index is 1.18. The van der Waals surface area contributed by atoms with Crippen LogP contribution in [-0.4, -0.2) is 26.8 Å². The van der Waals surface area contributed by atoms with Crippen molar-refractivity contribution in [1.82, 2.24) is 20.1 Å². The number of halogens is 3. The number of nitrogens with one attached hydrogen (secondary N) is 1. The number of aromatic nitrogens is 3. The summed E-state index contributed by atoms with van der Waals surface area (Å²) in [4.78, 5) is 17.1. The number of amides is 1. The highest BCUT2D eigenvalue weighted by atomic mass is 19.4. The minimum absolute atomic E-state index is 0.0620. The Morgan fingerprint density at radius 2 is 1.93 bits per heavy atom. The van der Waals surface area contributed by atoms with E-state index in [9.17, 15) is 18.0 Å². The molecule has 4 fully saturated rings. The fourth-order valence-electron chi connectivity index (χ4n) is 5.43. The van der Waals surface area contributed by atoms with Crippen molar-refractivity contribution in [2.24, 2.45) is 10.8 Å². The summed E-state index contributed by atoms with van der Waals surface area (Å²) in [6.07, 6.45) is 0.516. The molecule has 0 radical (unpaired) electrons. The topological polar surface area (TPSA) is 59.8 Å². The number of hydrogen-bond donors (Lipinski definition) is 1. The number of pyridine rings is 1. The van der Waals surface area contributed by atoms with Crippen LogP contribution in [0.2, 0.25) is 0 Å². The first-order valence-electron chi connectivity index (χ1n) is 10.2. The zero-order chi connectivity index (χ0) is 20.0. The summed E-state index contributed by atoms with van der Waals surface area (Å²) in [6, 6.07) is 5.82. The number of nitrogens with zero attached hydrogens (tertiary/aromatic N) is 3. The normalized spacial score (nSPS) is 32.3. The highest BCUT2D eigenvalue weighted by Crippen LogP contribution is 2.78. The zero-order valence-electron chi connectivity index (χ0n) is 15.8. The predicted octanol–water partition coefficient (Wildman–Crippen LogP) is 4.12. The first-order chi connectivity index (χ1) is 13.8. The van der Waals surface area contributed by atoms with E-state index in [-0.39, 0.29) is 31.2 Å². The van der Waals surface area contributed by atoms with Gasteiger partial charge in [0, 0.05) is 29.9 Å². The van der Waals surface area contributed by atoms with Crippen LogP contribution in [0.4, 0.5) is 13.2 Å². The average Bonchev–Trinajstić information content (AvgIpc) is 3.24. The van der Waals surface area contributed by atoms with Gasteiger partial charge in [-0.05, 0) is 56.7 Å². The molecule has 5 aliphatic rings. The van der Waals surface area contributed by atoms with Gasteiger partial charge < -0.3 is 5.32 Å². The van der Waals surface area contributed by atoms with Crippen LogP contribution in [0, 0.1) is 10.8 Å². The molecule has 29 heavy (non-hydrogen) atoms. The molecule has 0 aromatic carbocycles. The minimum Gasteiger partial charge on any atom is -0.347 e. The second-order valence-electron chi connectivity index (χ2n) is 9.32. The van der Waals surface area contributed by atoms with Gasteiger partial charge in [-0.1, -0.05) is 0 Å². The zero-order valence-corrected chi connectivity index (χ0v) is 15.8. The SMILES string of the molecule is O=C(N[C@H]1CCn2nc(-c3ccnc(C4CC4)c3)cc21)C12CC(C(F)(F)F)(C1)C2. The Labute approximate surface area is 165 Å². The molecule has 152 valence electrons. The fraction of sp³-hybridized carbons (Fsp3) is 0.571. The predicted molar refractivity (Wildman–Crippen MR) is 97.7 cm³/mol. The highest BCUT2D eigenvalue weighted by molar-refractivity contribution is 5.87. The van der Waals surface area contributed by atoms with Crippen molar-refractivity contribution in [2.75, 3.05) is 0 Å². The molecule has 4 aliphatic carbocycles. The third-order valence-electron chi connectivity index (χ3n) is 7.29. The van der Waals surface area contributed by atoms with E-state index in [2.05, 4.69) is 21.5 Å². The third-order valence-corrected chi connectivity index (χ3v) is 7.29. The van der Waals surface area contributed by atoms with E-state index in [0.29, 0.717) is 12.5 Å². The first kappa shape index (κ1) is 17.5. The maximum absolute atomic E-state index is 13.1. The minimum atomic E-state index is -4.19. The molecule has 2 bridgehead atoms. The van der Waals surface area contributed by atoms with Crippen LogP contribution in [0.3, 0.4) is 0 Å². The van der Waals surface area contributed by atoms with E-state index in [1.807, 2.05) is 23.0 Å². The number of carbonyl (C=O) groups excluding carboxylic acids is 1. The molecule has 0 saturated heterocycles. The Morgan fingerprint density at radius 1 is 1.17 bits per heavy atom. The van der Waals surface area contributed by atoms with Gasteiger partial charge in [0.1, 0.15) is 0 Å². The van der Waals surface area contributed by atoms with E-state index < -0.39 is 17.0 Å². The Bertz CT molecular complexity index is 1000. The number of fused-ring (bicyclic) bond motifs is 1. The van der Waals surface area contributed by atoms with E-state index in [4.69, 9.17) is 0 Å². The lowest BCUT2D eigenvalue weighted by Gasteiger charge is -2.69. The maximum Gasteiger partial charge on any atom is 0.394 e. The summed E-state index contributed by atoms with van der Waals surface area (Å²) < 4.78 is 41.1. The molecule has 4 saturated carbocycles. The largest absolute Gasteiger partial charge is 0.394 e. The molecule has 1 aliphatic heterocycles. The molecule has 7 rings (SSSR count). The number of aryl methyl sites for hydroxylation is 1. The quantitative estimate of drug-likeness (QED) is 0.837. The van der Waals surface area contributed by atoms with Gasteiger partial charge in [0.25, 0.3) is 0 Å². The number of alkyl halides is 3. The van der Waals surface area contributed by atoms with Crippen molar-refractivity contribution in [1.29, 1.82) is 0 Å². The van der Waals surface area contributed by atoms with Crippen LogP contribution >= 0.6 is 0 Å². The van der Waals surface area contributed by atoms with Crippen LogP contribution in [0.5, 0.6) is 0 Å². The highest BCUT2D eigenvalue weighted by Gasteiger charge is 2.80. The van der Waals surface area contributed by atoms with Crippen LogP contribution < -0.4 is 5.32 Å². The van der Waals surface area contributed by atoms with Crippen molar-refractivity contribution < 1.29 is 18.0 Å². The fourth-order valence-corrected chi connectivity index (χ4v) is 5.43. The van der Waals surface area contributed by atoms with Crippen LogP contribution in [0.25, 0.3) is 11.3 Å². The second-order valence-corrected chi connectivity index (χ2v) is 9.32. The third kappa shape index (κ3) is 2.43. The maximum atomic E-state index is 13.1. The average molecular weight is 402 g/mol. The second kappa shape index (κ2) is 5.40. The first-order valence-corrected chi connectivity index (χ1v) is 10.2. The molecule has 1 N–H and O–H groups in total. The number of hydrogen-bond acceptors (Lipinski definition) is 3. The molecule has 2 aromatic heterocycles. The van der Waals surface area contributed by atoms with Gasteiger partial charge in [-0.15, -0.1) is 0 Å². The molecule has 2 aromatic rings. The standard InChI is InChI=1S/C21H21F3N4O/c22-21(23,24)20-9-19(10-20,11-20)18(29)26-14-4-6-28-17(14)8-16(27-28)13-3-5-25-15(7-13)12-1-2-12/h3,5,7-8,12,14H,1-2,4,6,9-11H2,(H,26,29)/t14-,19?,20?/m0/s1. The van der Waals surface area contributed by atoms with Crippen molar-refractivity contribution in [3.8, 4) is 11.3 Å². The van der Waals surface area contributed by atoms with Gasteiger partial charge >= 0.3 is 6.18 Å². The number of rotatable bonds is 4. The van der Waals surface area contributed by atoms with Gasteiger partial charge in [0.05, 0.1) is 28.3 Å². The molecule has 8 heteroatoms. The van der Waals surface area contributed by atoms with E-state index >= 15 is 0 Å². The van der Waals surface area contributed by atoms with Gasteiger partial charge in [-0.2, -0.15) is 18.3 Å². The molecule has 1 atom stereocenters.